The lowest BCUT2D eigenvalue weighted by Gasteiger charge is -2.29. The van der Waals surface area contributed by atoms with E-state index in [1.165, 1.54) is 23.4 Å². The Bertz CT molecular complexity index is 1110. The number of aliphatic hydroxyl groups is 1. The molecule has 0 fully saturated rings. The van der Waals surface area contributed by atoms with Crippen LogP contribution in [0.25, 0.3) is 11.3 Å². The van der Waals surface area contributed by atoms with Crippen LogP contribution in [0.3, 0.4) is 0 Å². The summed E-state index contributed by atoms with van der Waals surface area (Å²) in [6.07, 6.45) is 5.62. The minimum Gasteiger partial charge on any atom is -0.496 e. The molecule has 0 saturated carbocycles. The van der Waals surface area contributed by atoms with Gasteiger partial charge in [-0.3, -0.25) is 0 Å². The first kappa shape index (κ1) is 21.7. The molecule has 1 aliphatic heterocycles. The summed E-state index contributed by atoms with van der Waals surface area (Å²) in [5.74, 6) is 2.61. The quantitative estimate of drug-likeness (QED) is 0.264. The number of aromatic nitrogens is 2. The van der Waals surface area contributed by atoms with Gasteiger partial charge in [-0.15, -0.1) is 0 Å². The highest BCUT2D eigenvalue weighted by Crippen LogP contribution is 2.44. The number of rotatable bonds is 6. The summed E-state index contributed by atoms with van der Waals surface area (Å²) in [6.45, 7) is 3.02. The Morgan fingerprint density at radius 1 is 1.16 bits per heavy atom. The van der Waals surface area contributed by atoms with Crippen LogP contribution in [0.4, 0.5) is 0 Å². The van der Waals surface area contributed by atoms with Crippen molar-refractivity contribution in [1.29, 1.82) is 0 Å². The Balaban J connectivity index is 1.44. The van der Waals surface area contributed by atoms with E-state index in [1.807, 2.05) is 22.2 Å². The number of halogens is 1. The molecule has 0 spiro atoms. The van der Waals surface area contributed by atoms with Gasteiger partial charge < -0.3 is 19.1 Å². The largest absolute Gasteiger partial charge is 0.496 e. The third-order valence-electron chi connectivity index (χ3n) is 6.75. The van der Waals surface area contributed by atoms with E-state index in [1.54, 1.807) is 14.2 Å². The van der Waals surface area contributed by atoms with Crippen LogP contribution in [0.2, 0.25) is 0 Å². The van der Waals surface area contributed by atoms with Crippen molar-refractivity contribution in [2.75, 3.05) is 14.2 Å². The molecular weight excluding hydrogens is 517 g/mol. The summed E-state index contributed by atoms with van der Waals surface area (Å²) < 4.78 is 15.3. The maximum absolute atomic E-state index is 11.3. The zero-order valence-corrected chi connectivity index (χ0v) is 20.8. The van der Waals surface area contributed by atoms with Gasteiger partial charge in [0.15, 0.2) is 0 Å². The Kier molecular flexibility index (Phi) is 5.90. The van der Waals surface area contributed by atoms with E-state index in [2.05, 4.69) is 51.8 Å². The number of imidazole rings is 1. The molecule has 7 heteroatoms. The lowest BCUT2D eigenvalue weighted by atomic mass is 10.0. The highest BCUT2D eigenvalue weighted by Gasteiger charge is 2.32. The molecular formula is C25H28IN3O3. The molecule has 6 nitrogen and oxygen atoms in total. The second-order valence-corrected chi connectivity index (χ2v) is 9.69. The fourth-order valence-corrected chi connectivity index (χ4v) is 5.86. The number of nitrogens with zero attached hydrogens (tertiary/aromatic N) is 3. The maximum Gasteiger partial charge on any atom is 0.142 e. The molecule has 1 aliphatic carbocycles. The Hall–Kier alpha value is -2.10. The smallest absolute Gasteiger partial charge is 0.142 e. The molecule has 0 radical (unpaired) electrons. The first-order valence-electron chi connectivity index (χ1n) is 11.0. The standard InChI is InChI=1S/C25H28IN3O3/c1-15-22(31-2)12-18(13-23(15)32-3)25(30)29(26)21-9-8-16-6-7-17(11-19(16)21)20-14-28-10-4-5-24(28)27-20/h6-7,11-14,21,25,30H,4-5,8-10H2,1-3H3/t21-,25?/m1/s1. The Labute approximate surface area is 202 Å². The summed E-state index contributed by atoms with van der Waals surface area (Å²) in [6, 6.07) is 10.6. The molecule has 5 rings (SSSR count). The van der Waals surface area contributed by atoms with Gasteiger partial charge in [-0.05, 0) is 55.5 Å². The zero-order valence-electron chi connectivity index (χ0n) is 18.6. The van der Waals surface area contributed by atoms with E-state index in [4.69, 9.17) is 14.5 Å². The van der Waals surface area contributed by atoms with Gasteiger partial charge in [0.2, 0.25) is 0 Å². The van der Waals surface area contributed by atoms with Gasteiger partial charge in [-0.2, -0.15) is 0 Å². The molecule has 0 amide bonds. The Morgan fingerprint density at radius 2 is 1.91 bits per heavy atom. The van der Waals surface area contributed by atoms with E-state index < -0.39 is 6.23 Å². The SMILES string of the molecule is COc1cc(C(O)N(I)[C@@H]2CCc3ccc(-c4cn5c(n4)CCC5)cc32)cc(OC)c1C. The fraction of sp³-hybridized carbons (Fsp3) is 0.400. The minimum atomic E-state index is -0.782. The van der Waals surface area contributed by atoms with E-state index in [0.29, 0.717) is 11.5 Å². The predicted octanol–water partition coefficient (Wildman–Crippen LogP) is 5.15. The average Bonchev–Trinajstić information content (AvgIpc) is 3.52. The van der Waals surface area contributed by atoms with Gasteiger partial charge in [0, 0.05) is 64.8 Å². The molecule has 0 saturated heterocycles. The number of aryl methyl sites for hydroxylation is 3. The van der Waals surface area contributed by atoms with E-state index in [-0.39, 0.29) is 6.04 Å². The summed E-state index contributed by atoms with van der Waals surface area (Å²) in [5.41, 5.74) is 6.49. The molecule has 32 heavy (non-hydrogen) atoms. The van der Waals surface area contributed by atoms with Crippen molar-refractivity contribution in [2.45, 2.75) is 51.4 Å². The van der Waals surface area contributed by atoms with Crippen LogP contribution in [0, 0.1) is 6.92 Å². The Morgan fingerprint density at radius 3 is 2.59 bits per heavy atom. The predicted molar refractivity (Wildman–Crippen MR) is 132 cm³/mol. The van der Waals surface area contributed by atoms with E-state index in [0.717, 1.165) is 48.2 Å². The van der Waals surface area contributed by atoms with E-state index in [9.17, 15) is 5.11 Å². The second-order valence-electron chi connectivity index (χ2n) is 8.58. The molecule has 168 valence electrons. The first-order chi connectivity index (χ1) is 15.5. The average molecular weight is 545 g/mol. The van der Waals surface area contributed by atoms with Crippen LogP contribution in [0.1, 0.15) is 53.2 Å². The molecule has 1 unspecified atom stereocenters. The van der Waals surface area contributed by atoms with Gasteiger partial charge in [-0.1, -0.05) is 12.1 Å². The lowest BCUT2D eigenvalue weighted by Crippen LogP contribution is -2.22. The van der Waals surface area contributed by atoms with Gasteiger partial charge in [0.1, 0.15) is 23.6 Å². The van der Waals surface area contributed by atoms with Crippen LogP contribution in [0.5, 0.6) is 11.5 Å². The number of fused-ring (bicyclic) bond motifs is 2. The highest BCUT2D eigenvalue weighted by molar-refractivity contribution is 14.1. The second kappa shape index (κ2) is 8.68. The van der Waals surface area contributed by atoms with Crippen molar-refractivity contribution in [1.82, 2.24) is 12.7 Å². The normalized spacial score (nSPS) is 18.0. The van der Waals surface area contributed by atoms with Gasteiger partial charge in [0.25, 0.3) is 0 Å². The molecule has 2 atom stereocenters. The molecule has 0 bridgehead atoms. The maximum atomic E-state index is 11.3. The van der Waals surface area contributed by atoms with Gasteiger partial charge in [-0.25, -0.2) is 8.10 Å². The summed E-state index contributed by atoms with van der Waals surface area (Å²) in [4.78, 5) is 4.86. The van der Waals surface area contributed by atoms with Crippen molar-refractivity contribution in [3.63, 3.8) is 0 Å². The van der Waals surface area contributed by atoms with Crippen LogP contribution >= 0.6 is 22.9 Å². The highest BCUT2D eigenvalue weighted by atomic mass is 127. The first-order valence-corrected chi connectivity index (χ1v) is 12.0. The summed E-state index contributed by atoms with van der Waals surface area (Å²) in [7, 11) is 3.28. The minimum absolute atomic E-state index is 0.119. The van der Waals surface area contributed by atoms with Gasteiger partial charge >= 0.3 is 0 Å². The molecule has 2 aliphatic rings. The van der Waals surface area contributed by atoms with Crippen molar-refractivity contribution >= 4 is 22.9 Å². The number of hydrogen-bond donors (Lipinski definition) is 1. The zero-order chi connectivity index (χ0) is 22.4. The molecule has 3 aromatic rings. The molecule has 2 heterocycles. The number of methoxy groups -OCH3 is 2. The monoisotopic (exact) mass is 545 g/mol. The van der Waals surface area contributed by atoms with E-state index >= 15 is 0 Å². The molecule has 1 N–H and O–H groups in total. The molecule has 1 aromatic heterocycles. The third-order valence-corrected chi connectivity index (χ3v) is 7.95. The van der Waals surface area contributed by atoms with Gasteiger partial charge in [0.05, 0.1) is 19.9 Å². The topological polar surface area (TPSA) is 59.8 Å². The van der Waals surface area contributed by atoms with Crippen molar-refractivity contribution < 1.29 is 14.6 Å². The van der Waals surface area contributed by atoms with Crippen molar-refractivity contribution in [3.05, 3.63) is 64.6 Å². The number of ether oxygens (including phenoxy) is 2. The summed E-state index contributed by atoms with van der Waals surface area (Å²) >= 11 is 2.26. The van der Waals surface area contributed by atoms with Crippen molar-refractivity contribution in [3.8, 4) is 22.8 Å². The summed E-state index contributed by atoms with van der Waals surface area (Å²) in [5, 5.41) is 11.3. The lowest BCUT2D eigenvalue weighted by molar-refractivity contribution is 0.0587. The van der Waals surface area contributed by atoms with Crippen LogP contribution < -0.4 is 9.47 Å². The molecule has 2 aromatic carbocycles. The van der Waals surface area contributed by atoms with Crippen molar-refractivity contribution in [2.24, 2.45) is 0 Å². The van der Waals surface area contributed by atoms with Crippen LogP contribution in [-0.4, -0.2) is 32.0 Å². The number of hydrogen-bond acceptors (Lipinski definition) is 5. The van der Waals surface area contributed by atoms with Crippen LogP contribution in [-0.2, 0) is 19.4 Å². The fourth-order valence-electron chi connectivity index (χ4n) is 4.96. The third kappa shape index (κ3) is 3.70. The number of benzene rings is 2. The van der Waals surface area contributed by atoms with Crippen LogP contribution in [0.15, 0.2) is 36.5 Å². The number of aliphatic hydroxyl groups excluding tert-OH is 1.